The standard InChI is InChI=1S/C19H42BrP/c1-5-6-7-8-9-10-11-12-13-14-15-16-17-18-19-21(2,3,4)20/h5-19H2,1-4H3. The van der Waals surface area contributed by atoms with Gasteiger partial charge in [0.15, 0.2) is 0 Å². The molecule has 0 aromatic rings. The Bertz CT molecular complexity index is 220. The number of rotatable bonds is 15. The van der Waals surface area contributed by atoms with E-state index >= 15 is 0 Å². The zero-order valence-corrected chi connectivity index (χ0v) is 17.9. The van der Waals surface area contributed by atoms with E-state index in [2.05, 4.69) is 42.4 Å². The fourth-order valence-corrected chi connectivity index (χ4v) is 4.88. The molecule has 0 N–H and O–H groups in total. The summed E-state index contributed by atoms with van der Waals surface area (Å²) in [6.07, 6.45) is 21.8. The van der Waals surface area contributed by atoms with Crippen molar-refractivity contribution in [3.63, 3.8) is 0 Å². The van der Waals surface area contributed by atoms with Gasteiger partial charge in [-0.15, -0.1) is 0 Å². The quantitative estimate of drug-likeness (QED) is 0.198. The van der Waals surface area contributed by atoms with Crippen molar-refractivity contribution in [2.45, 2.75) is 96.8 Å². The summed E-state index contributed by atoms with van der Waals surface area (Å²) in [6.45, 7) is 9.57. The Kier molecular flexibility index (Phi) is 12.9. The van der Waals surface area contributed by atoms with Gasteiger partial charge in [-0.3, -0.25) is 0 Å². The molecular formula is C19H42BrP. The maximum atomic E-state index is 3.95. The molecule has 0 fully saturated rings. The predicted molar refractivity (Wildman–Crippen MR) is 109 cm³/mol. The first kappa shape index (κ1) is 21.9. The molecule has 0 aliphatic rings. The monoisotopic (exact) mass is 380 g/mol. The molecule has 0 saturated heterocycles. The summed E-state index contributed by atoms with van der Waals surface area (Å²) in [5, 5.41) is -1.40. The maximum absolute atomic E-state index is 3.95. The zero-order chi connectivity index (χ0) is 16.1. The SMILES string of the molecule is CCCCCCCCCCCCCCCCP(C)(C)(C)Br. The van der Waals surface area contributed by atoms with Gasteiger partial charge < -0.3 is 0 Å². The van der Waals surface area contributed by atoms with Gasteiger partial charge in [-0.1, -0.05) is 26.2 Å². The van der Waals surface area contributed by atoms with Crippen LogP contribution in [0.4, 0.5) is 0 Å². The van der Waals surface area contributed by atoms with Gasteiger partial charge in [-0.2, -0.15) is 0 Å². The summed E-state index contributed by atoms with van der Waals surface area (Å²) >= 11 is 3.95. The van der Waals surface area contributed by atoms with E-state index in [1.807, 2.05) is 0 Å². The average molecular weight is 381 g/mol. The van der Waals surface area contributed by atoms with Crippen LogP contribution >= 0.6 is 20.8 Å². The van der Waals surface area contributed by atoms with Crippen molar-refractivity contribution >= 4 is 20.8 Å². The Morgan fingerprint density at radius 3 is 1.10 bits per heavy atom. The topological polar surface area (TPSA) is 0 Å². The van der Waals surface area contributed by atoms with Crippen molar-refractivity contribution in [1.29, 1.82) is 0 Å². The zero-order valence-electron chi connectivity index (χ0n) is 15.4. The van der Waals surface area contributed by atoms with E-state index in [1.165, 1.54) is 96.1 Å². The molecule has 0 aliphatic heterocycles. The van der Waals surface area contributed by atoms with Crippen LogP contribution in [0.15, 0.2) is 0 Å². The molecule has 0 saturated carbocycles. The molecule has 0 amide bonds. The van der Waals surface area contributed by atoms with Crippen molar-refractivity contribution in [2.24, 2.45) is 0 Å². The third kappa shape index (κ3) is 20.9. The second kappa shape index (κ2) is 12.3. The van der Waals surface area contributed by atoms with Gasteiger partial charge in [-0.25, -0.2) is 0 Å². The number of unbranched alkanes of at least 4 members (excludes halogenated alkanes) is 13. The van der Waals surface area contributed by atoms with E-state index < -0.39 is 5.31 Å². The number of hydrogen-bond acceptors (Lipinski definition) is 0. The van der Waals surface area contributed by atoms with Crippen LogP contribution in [-0.2, 0) is 0 Å². The molecule has 0 rings (SSSR count). The van der Waals surface area contributed by atoms with Gasteiger partial charge in [0.2, 0.25) is 0 Å². The molecular weight excluding hydrogens is 339 g/mol. The molecule has 0 aliphatic carbocycles. The molecule has 2 heteroatoms. The second-order valence-corrected chi connectivity index (χ2v) is 22.4. The summed E-state index contributed by atoms with van der Waals surface area (Å²) in [7, 11) is 0. The summed E-state index contributed by atoms with van der Waals surface area (Å²) < 4.78 is 0. The van der Waals surface area contributed by atoms with Gasteiger partial charge in [0.05, 0.1) is 0 Å². The van der Waals surface area contributed by atoms with E-state index in [1.54, 1.807) is 0 Å². The Balaban J connectivity index is 3.10. The number of hydrogen-bond donors (Lipinski definition) is 0. The third-order valence-corrected chi connectivity index (χ3v) is 7.16. The Morgan fingerprint density at radius 2 is 0.810 bits per heavy atom. The molecule has 21 heavy (non-hydrogen) atoms. The fraction of sp³-hybridized carbons (Fsp3) is 1.00. The van der Waals surface area contributed by atoms with Crippen molar-refractivity contribution < 1.29 is 0 Å². The van der Waals surface area contributed by atoms with E-state index in [0.29, 0.717) is 0 Å². The molecule has 0 nitrogen and oxygen atoms in total. The molecule has 0 aromatic carbocycles. The molecule has 0 unspecified atom stereocenters. The van der Waals surface area contributed by atoms with Crippen LogP contribution in [0, 0.1) is 0 Å². The van der Waals surface area contributed by atoms with Crippen molar-refractivity contribution in [2.75, 3.05) is 26.2 Å². The van der Waals surface area contributed by atoms with E-state index in [4.69, 9.17) is 0 Å². The van der Waals surface area contributed by atoms with E-state index in [0.717, 1.165) is 0 Å². The summed E-state index contributed by atoms with van der Waals surface area (Å²) in [4.78, 5) is 0. The normalized spacial score (nSPS) is 14.0. The Hall–Kier alpha value is 0.910. The van der Waals surface area contributed by atoms with Crippen LogP contribution in [0.1, 0.15) is 96.8 Å². The van der Waals surface area contributed by atoms with Crippen LogP contribution in [-0.4, -0.2) is 26.2 Å². The minimum atomic E-state index is -1.40. The molecule has 130 valence electrons. The summed E-state index contributed by atoms with van der Waals surface area (Å²) in [6, 6.07) is 0. The molecule has 0 atom stereocenters. The van der Waals surface area contributed by atoms with Gasteiger partial charge >= 0.3 is 118 Å². The minimum absolute atomic E-state index is 1.37. The van der Waals surface area contributed by atoms with E-state index in [-0.39, 0.29) is 0 Å². The van der Waals surface area contributed by atoms with Crippen LogP contribution < -0.4 is 0 Å². The van der Waals surface area contributed by atoms with Gasteiger partial charge in [0, 0.05) is 0 Å². The number of halogens is 1. The van der Waals surface area contributed by atoms with Crippen LogP contribution in [0.2, 0.25) is 0 Å². The fourth-order valence-electron chi connectivity index (χ4n) is 2.84. The Labute approximate surface area is 143 Å². The van der Waals surface area contributed by atoms with Crippen LogP contribution in [0.5, 0.6) is 0 Å². The van der Waals surface area contributed by atoms with E-state index in [9.17, 15) is 0 Å². The van der Waals surface area contributed by atoms with Gasteiger partial charge in [-0.05, 0) is 0 Å². The predicted octanol–water partition coefficient (Wildman–Crippen LogP) is 8.22. The Morgan fingerprint density at radius 1 is 0.524 bits per heavy atom. The van der Waals surface area contributed by atoms with Crippen LogP contribution in [0.3, 0.4) is 0 Å². The summed E-state index contributed by atoms with van der Waals surface area (Å²) in [5.41, 5.74) is 0. The van der Waals surface area contributed by atoms with Gasteiger partial charge in [0.25, 0.3) is 0 Å². The van der Waals surface area contributed by atoms with Gasteiger partial charge in [0.1, 0.15) is 0 Å². The first-order chi connectivity index (χ1) is 9.81. The molecule has 0 radical (unpaired) electrons. The second-order valence-electron chi connectivity index (χ2n) is 8.24. The molecule has 0 spiro atoms. The van der Waals surface area contributed by atoms with Crippen LogP contribution in [0.25, 0.3) is 0 Å². The molecule has 0 bridgehead atoms. The third-order valence-electron chi connectivity index (χ3n) is 4.27. The van der Waals surface area contributed by atoms with Crippen molar-refractivity contribution in [1.82, 2.24) is 0 Å². The summed E-state index contributed by atoms with van der Waals surface area (Å²) in [5.74, 6) is 0. The van der Waals surface area contributed by atoms with Crippen molar-refractivity contribution in [3.8, 4) is 0 Å². The average Bonchev–Trinajstić information content (AvgIpc) is 2.37. The molecule has 0 heterocycles. The first-order valence-electron chi connectivity index (χ1n) is 9.53. The van der Waals surface area contributed by atoms with Crippen molar-refractivity contribution in [3.05, 3.63) is 0 Å². The molecule has 0 aromatic heterocycles. The first-order valence-corrected chi connectivity index (χ1v) is 15.3.